The number of anilines is 1. The molecule has 3 heterocycles. The first-order valence-electron chi connectivity index (χ1n) is 10.5. The summed E-state index contributed by atoms with van der Waals surface area (Å²) in [7, 11) is 3.87. The molecule has 8 heteroatoms. The minimum Gasteiger partial charge on any atom is -0.375 e. The van der Waals surface area contributed by atoms with Gasteiger partial charge in [-0.3, -0.25) is 4.90 Å². The van der Waals surface area contributed by atoms with Crippen molar-refractivity contribution >= 4 is 5.95 Å². The van der Waals surface area contributed by atoms with Crippen molar-refractivity contribution in [1.29, 1.82) is 0 Å². The number of benzene rings is 1. The van der Waals surface area contributed by atoms with E-state index in [9.17, 15) is 0 Å². The number of nitrogens with zero attached hydrogens (tertiary/aromatic N) is 6. The van der Waals surface area contributed by atoms with Crippen LogP contribution in [-0.2, 0) is 16.1 Å². The van der Waals surface area contributed by atoms with E-state index in [1.807, 2.05) is 43.4 Å². The molecule has 1 aliphatic rings. The van der Waals surface area contributed by atoms with Crippen molar-refractivity contribution in [3.8, 4) is 11.1 Å². The third kappa shape index (κ3) is 5.61. The molecule has 0 unspecified atom stereocenters. The van der Waals surface area contributed by atoms with Crippen LogP contribution in [0, 0.1) is 0 Å². The largest absolute Gasteiger partial charge is 0.375 e. The Morgan fingerprint density at radius 2 is 1.94 bits per heavy atom. The van der Waals surface area contributed by atoms with Gasteiger partial charge in [0, 0.05) is 63.4 Å². The van der Waals surface area contributed by atoms with E-state index in [4.69, 9.17) is 14.5 Å². The average Bonchev–Trinajstić information content (AvgIpc) is 2.83. The van der Waals surface area contributed by atoms with Crippen molar-refractivity contribution in [2.75, 3.05) is 51.8 Å². The van der Waals surface area contributed by atoms with Crippen LogP contribution in [0.3, 0.4) is 0 Å². The Hall–Kier alpha value is -2.94. The standard InChI is InChI=1S/C23H28N6O2/c1-28(2)23-26-14-20(19-12-24-17-25-13-19)22(27-23)21-15-29(9-11-31-21)8-10-30-16-18-6-4-3-5-7-18/h3-7,12-14,17,21H,8-11,15-16H2,1-2H3/t21-/m1/s1. The quantitative estimate of drug-likeness (QED) is 0.515. The van der Waals surface area contributed by atoms with Gasteiger partial charge in [-0.05, 0) is 5.56 Å². The SMILES string of the molecule is CN(C)c1ncc(-c2cncnc2)c([C@H]2CN(CCOCc3ccccc3)CCO2)n1. The fourth-order valence-electron chi connectivity index (χ4n) is 3.54. The van der Waals surface area contributed by atoms with Crippen LogP contribution in [0.4, 0.5) is 5.95 Å². The molecule has 8 nitrogen and oxygen atoms in total. The second-order valence-corrected chi connectivity index (χ2v) is 7.69. The van der Waals surface area contributed by atoms with E-state index in [2.05, 4.69) is 32.0 Å². The van der Waals surface area contributed by atoms with Crippen LogP contribution in [0.1, 0.15) is 17.4 Å². The monoisotopic (exact) mass is 420 g/mol. The third-order valence-electron chi connectivity index (χ3n) is 5.20. The number of rotatable bonds is 8. The zero-order valence-corrected chi connectivity index (χ0v) is 18.0. The normalized spacial score (nSPS) is 16.9. The zero-order valence-electron chi connectivity index (χ0n) is 18.0. The Labute approximate surface area is 182 Å². The molecule has 31 heavy (non-hydrogen) atoms. The predicted octanol–water partition coefficient (Wildman–Crippen LogP) is 2.59. The van der Waals surface area contributed by atoms with Gasteiger partial charge in [0.1, 0.15) is 12.4 Å². The molecule has 1 aliphatic heterocycles. The number of morpholine rings is 1. The molecule has 1 atom stereocenters. The van der Waals surface area contributed by atoms with Gasteiger partial charge in [-0.15, -0.1) is 0 Å². The summed E-state index contributed by atoms with van der Waals surface area (Å²) < 4.78 is 12.0. The molecular formula is C23H28N6O2. The summed E-state index contributed by atoms with van der Waals surface area (Å²) in [5.74, 6) is 0.655. The fraction of sp³-hybridized carbons (Fsp3) is 0.391. The van der Waals surface area contributed by atoms with Crippen molar-refractivity contribution < 1.29 is 9.47 Å². The molecule has 0 aliphatic carbocycles. The first kappa shape index (κ1) is 21.3. The van der Waals surface area contributed by atoms with Gasteiger partial charge < -0.3 is 14.4 Å². The maximum atomic E-state index is 6.13. The summed E-state index contributed by atoms with van der Waals surface area (Å²) >= 11 is 0. The maximum absolute atomic E-state index is 6.13. The van der Waals surface area contributed by atoms with E-state index < -0.39 is 0 Å². The van der Waals surface area contributed by atoms with Gasteiger partial charge in [0.05, 0.1) is 25.5 Å². The summed E-state index contributed by atoms with van der Waals surface area (Å²) in [5.41, 5.74) is 3.84. The number of ether oxygens (including phenoxy) is 2. The number of hydrogen-bond acceptors (Lipinski definition) is 8. The highest BCUT2D eigenvalue weighted by Crippen LogP contribution is 2.30. The predicted molar refractivity (Wildman–Crippen MR) is 119 cm³/mol. The molecule has 0 amide bonds. The zero-order chi connectivity index (χ0) is 21.5. The molecule has 1 aromatic carbocycles. The Balaban J connectivity index is 1.44. The van der Waals surface area contributed by atoms with Crippen LogP contribution >= 0.6 is 0 Å². The molecule has 2 aromatic heterocycles. The van der Waals surface area contributed by atoms with Gasteiger partial charge in [0.15, 0.2) is 0 Å². The van der Waals surface area contributed by atoms with Gasteiger partial charge in [-0.25, -0.2) is 19.9 Å². The Morgan fingerprint density at radius 3 is 2.71 bits per heavy atom. The van der Waals surface area contributed by atoms with E-state index in [0.717, 1.165) is 36.5 Å². The average molecular weight is 421 g/mol. The van der Waals surface area contributed by atoms with E-state index in [0.29, 0.717) is 25.8 Å². The van der Waals surface area contributed by atoms with Crippen molar-refractivity contribution in [3.63, 3.8) is 0 Å². The summed E-state index contributed by atoms with van der Waals surface area (Å²) in [6.45, 7) is 4.43. The van der Waals surface area contributed by atoms with Gasteiger partial charge in [-0.2, -0.15) is 0 Å². The van der Waals surface area contributed by atoms with Crippen LogP contribution in [0.15, 0.2) is 55.2 Å². The lowest BCUT2D eigenvalue weighted by Gasteiger charge is -2.33. The molecule has 1 saturated heterocycles. The van der Waals surface area contributed by atoms with Gasteiger partial charge in [-0.1, -0.05) is 30.3 Å². The van der Waals surface area contributed by atoms with Crippen LogP contribution in [-0.4, -0.2) is 71.8 Å². The Kier molecular flexibility index (Phi) is 7.14. The number of aromatic nitrogens is 4. The Morgan fingerprint density at radius 1 is 1.13 bits per heavy atom. The smallest absolute Gasteiger partial charge is 0.225 e. The van der Waals surface area contributed by atoms with Crippen LogP contribution in [0.2, 0.25) is 0 Å². The minimum atomic E-state index is -0.153. The number of hydrogen-bond donors (Lipinski definition) is 0. The molecular weight excluding hydrogens is 392 g/mol. The first-order valence-corrected chi connectivity index (χ1v) is 10.5. The molecule has 0 saturated carbocycles. The third-order valence-corrected chi connectivity index (χ3v) is 5.20. The molecule has 0 spiro atoms. The van der Waals surface area contributed by atoms with Crippen molar-refractivity contribution in [2.24, 2.45) is 0 Å². The fourth-order valence-corrected chi connectivity index (χ4v) is 3.54. The molecule has 1 fully saturated rings. The van der Waals surface area contributed by atoms with Gasteiger partial charge >= 0.3 is 0 Å². The van der Waals surface area contributed by atoms with E-state index in [1.165, 1.54) is 11.9 Å². The van der Waals surface area contributed by atoms with Crippen molar-refractivity contribution in [1.82, 2.24) is 24.8 Å². The highest BCUT2D eigenvalue weighted by atomic mass is 16.5. The first-order chi connectivity index (χ1) is 15.2. The summed E-state index contributed by atoms with van der Waals surface area (Å²) in [6.07, 6.45) is 6.76. The molecule has 0 radical (unpaired) electrons. The molecule has 3 aromatic rings. The lowest BCUT2D eigenvalue weighted by molar-refractivity contribution is -0.0402. The highest BCUT2D eigenvalue weighted by molar-refractivity contribution is 5.64. The molecule has 0 N–H and O–H groups in total. The minimum absolute atomic E-state index is 0.153. The van der Waals surface area contributed by atoms with Crippen molar-refractivity contribution in [3.05, 3.63) is 66.5 Å². The second-order valence-electron chi connectivity index (χ2n) is 7.69. The summed E-state index contributed by atoms with van der Waals surface area (Å²) in [5, 5.41) is 0. The topological polar surface area (TPSA) is 76.5 Å². The van der Waals surface area contributed by atoms with E-state index >= 15 is 0 Å². The maximum Gasteiger partial charge on any atom is 0.225 e. The lowest BCUT2D eigenvalue weighted by atomic mass is 10.0. The van der Waals surface area contributed by atoms with Crippen LogP contribution in [0.5, 0.6) is 0 Å². The summed E-state index contributed by atoms with van der Waals surface area (Å²) in [4.78, 5) is 21.9. The second kappa shape index (κ2) is 10.4. The molecule has 0 bridgehead atoms. The molecule has 162 valence electrons. The van der Waals surface area contributed by atoms with Gasteiger partial charge in [0.2, 0.25) is 5.95 Å². The lowest BCUT2D eigenvalue weighted by Crippen LogP contribution is -2.40. The summed E-state index contributed by atoms with van der Waals surface area (Å²) in [6, 6.07) is 10.2. The van der Waals surface area contributed by atoms with Crippen LogP contribution in [0.25, 0.3) is 11.1 Å². The van der Waals surface area contributed by atoms with Crippen molar-refractivity contribution in [2.45, 2.75) is 12.7 Å². The Bertz CT molecular complexity index is 955. The molecule has 4 rings (SSSR count). The van der Waals surface area contributed by atoms with E-state index in [1.54, 1.807) is 12.4 Å². The highest BCUT2D eigenvalue weighted by Gasteiger charge is 2.27. The van der Waals surface area contributed by atoms with E-state index in [-0.39, 0.29) is 6.10 Å². The van der Waals surface area contributed by atoms with Crippen LogP contribution < -0.4 is 4.90 Å². The van der Waals surface area contributed by atoms with Gasteiger partial charge in [0.25, 0.3) is 0 Å².